The fraction of sp³-hybridized carbons (Fsp3) is 0.286. The number of fused-ring (bicyclic) bond motifs is 1. The van der Waals surface area contributed by atoms with Crippen molar-refractivity contribution in [1.82, 2.24) is 15.6 Å². The van der Waals surface area contributed by atoms with Crippen LogP contribution >= 0.6 is 11.6 Å². The molecule has 0 unspecified atom stereocenters. The first-order valence-corrected chi connectivity index (χ1v) is 9.51. The topological polar surface area (TPSA) is 56.9 Å². The van der Waals surface area contributed by atoms with Crippen molar-refractivity contribution in [3.8, 4) is 0 Å². The number of H-pyrrole nitrogens is 1. The number of nitrogens with one attached hydrogen (secondary N) is 3. The molecule has 0 spiro atoms. The van der Waals surface area contributed by atoms with Crippen LogP contribution in [0.3, 0.4) is 0 Å². The molecule has 4 rings (SSSR count). The number of hydrogen-bond acceptors (Lipinski definition) is 2. The van der Waals surface area contributed by atoms with Gasteiger partial charge in [0.1, 0.15) is 5.82 Å². The van der Waals surface area contributed by atoms with Crippen LogP contribution < -0.4 is 10.6 Å². The Balaban J connectivity index is 1.30. The second kappa shape index (κ2) is 7.71. The zero-order valence-electron chi connectivity index (χ0n) is 14.8. The van der Waals surface area contributed by atoms with Crippen LogP contribution in [0.1, 0.15) is 35.3 Å². The second-order valence-corrected chi connectivity index (χ2v) is 7.54. The number of aromatic nitrogens is 1. The van der Waals surface area contributed by atoms with E-state index < -0.39 is 5.82 Å². The lowest BCUT2D eigenvalue weighted by molar-refractivity contribution is 0.0937. The molecular formula is C21H21ClFN3O. The first-order valence-electron chi connectivity index (χ1n) is 9.14. The number of carbonyl (C=O) groups excluding carboxylic acids is 1. The lowest BCUT2D eigenvalue weighted by Gasteiger charge is -2.14. The smallest absolute Gasteiger partial charge is 0.251 e. The molecule has 3 N–H and O–H groups in total. The summed E-state index contributed by atoms with van der Waals surface area (Å²) in [5.41, 5.74) is 2.55. The van der Waals surface area contributed by atoms with Gasteiger partial charge in [-0.2, -0.15) is 0 Å². The lowest BCUT2D eigenvalue weighted by atomic mass is 10.1. The number of carbonyl (C=O) groups is 1. The van der Waals surface area contributed by atoms with E-state index in [2.05, 4.69) is 33.8 Å². The summed E-state index contributed by atoms with van der Waals surface area (Å²) in [5, 5.41) is 7.98. The van der Waals surface area contributed by atoms with Gasteiger partial charge in [-0.05, 0) is 55.0 Å². The Hall–Kier alpha value is -2.37. The molecule has 0 bridgehead atoms. The van der Waals surface area contributed by atoms with Crippen LogP contribution in [0.15, 0.2) is 48.5 Å². The Morgan fingerprint density at radius 1 is 1.15 bits per heavy atom. The zero-order valence-corrected chi connectivity index (χ0v) is 15.5. The van der Waals surface area contributed by atoms with E-state index in [1.807, 2.05) is 12.1 Å². The maximum atomic E-state index is 13.4. The van der Waals surface area contributed by atoms with Crippen molar-refractivity contribution in [3.63, 3.8) is 0 Å². The molecule has 140 valence electrons. The van der Waals surface area contributed by atoms with Gasteiger partial charge in [0.05, 0.1) is 0 Å². The highest BCUT2D eigenvalue weighted by atomic mass is 35.5. The maximum Gasteiger partial charge on any atom is 0.251 e. The van der Waals surface area contributed by atoms with Gasteiger partial charge in [-0.3, -0.25) is 4.79 Å². The van der Waals surface area contributed by atoms with Gasteiger partial charge in [-0.15, -0.1) is 0 Å². The SMILES string of the molecule is O=C(N[C@@H]1CC[C@H](NCc2cc3ccccc3[nH]2)C1)c1cc(F)cc(Cl)c1. The third-order valence-electron chi connectivity index (χ3n) is 5.06. The Morgan fingerprint density at radius 3 is 2.78 bits per heavy atom. The predicted molar refractivity (Wildman–Crippen MR) is 105 cm³/mol. The Morgan fingerprint density at radius 2 is 1.96 bits per heavy atom. The number of benzene rings is 2. The molecule has 1 aliphatic carbocycles. The van der Waals surface area contributed by atoms with E-state index in [0.29, 0.717) is 6.04 Å². The van der Waals surface area contributed by atoms with E-state index >= 15 is 0 Å². The van der Waals surface area contributed by atoms with Gasteiger partial charge in [0.2, 0.25) is 0 Å². The van der Waals surface area contributed by atoms with Crippen LogP contribution in [0.25, 0.3) is 10.9 Å². The lowest BCUT2D eigenvalue weighted by Crippen LogP contribution is -2.35. The summed E-state index contributed by atoms with van der Waals surface area (Å²) >= 11 is 5.83. The first kappa shape index (κ1) is 18.0. The summed E-state index contributed by atoms with van der Waals surface area (Å²) in [6.45, 7) is 0.763. The van der Waals surface area contributed by atoms with Crippen LogP contribution in [-0.4, -0.2) is 23.0 Å². The van der Waals surface area contributed by atoms with Crippen LogP contribution in [-0.2, 0) is 6.54 Å². The molecule has 4 nitrogen and oxygen atoms in total. The fourth-order valence-corrected chi connectivity index (χ4v) is 3.96. The number of aromatic amines is 1. The summed E-state index contributed by atoms with van der Waals surface area (Å²) in [5.74, 6) is -0.783. The van der Waals surface area contributed by atoms with Crippen molar-refractivity contribution in [2.45, 2.75) is 37.9 Å². The largest absolute Gasteiger partial charge is 0.357 e. The van der Waals surface area contributed by atoms with Crippen molar-refractivity contribution in [3.05, 3.63) is 70.6 Å². The summed E-state index contributed by atoms with van der Waals surface area (Å²) in [6, 6.07) is 14.7. The molecule has 3 aromatic rings. The van der Waals surface area contributed by atoms with Crippen molar-refractivity contribution in [1.29, 1.82) is 0 Å². The number of para-hydroxylation sites is 1. The van der Waals surface area contributed by atoms with Crippen molar-refractivity contribution in [2.24, 2.45) is 0 Å². The number of rotatable bonds is 5. The van der Waals surface area contributed by atoms with Crippen LogP contribution in [0.4, 0.5) is 4.39 Å². The fourth-order valence-electron chi connectivity index (χ4n) is 3.73. The molecule has 1 heterocycles. The molecule has 2 aromatic carbocycles. The van der Waals surface area contributed by atoms with E-state index in [1.165, 1.54) is 23.6 Å². The molecule has 1 amide bonds. The monoisotopic (exact) mass is 385 g/mol. The minimum Gasteiger partial charge on any atom is -0.357 e. The summed E-state index contributed by atoms with van der Waals surface area (Å²) in [7, 11) is 0. The van der Waals surface area contributed by atoms with Crippen LogP contribution in [0, 0.1) is 5.82 Å². The molecular weight excluding hydrogens is 365 g/mol. The second-order valence-electron chi connectivity index (χ2n) is 7.10. The average molecular weight is 386 g/mol. The average Bonchev–Trinajstić information content (AvgIpc) is 3.25. The third-order valence-corrected chi connectivity index (χ3v) is 5.28. The molecule has 0 saturated heterocycles. The summed E-state index contributed by atoms with van der Waals surface area (Å²) < 4.78 is 13.4. The van der Waals surface area contributed by atoms with E-state index in [9.17, 15) is 9.18 Å². The highest BCUT2D eigenvalue weighted by molar-refractivity contribution is 6.31. The highest BCUT2D eigenvalue weighted by Crippen LogP contribution is 2.22. The van der Waals surface area contributed by atoms with E-state index in [4.69, 9.17) is 11.6 Å². The van der Waals surface area contributed by atoms with Gasteiger partial charge in [-0.1, -0.05) is 29.8 Å². The molecule has 6 heteroatoms. The van der Waals surface area contributed by atoms with Crippen LogP contribution in [0.2, 0.25) is 5.02 Å². The molecule has 27 heavy (non-hydrogen) atoms. The molecule has 2 atom stereocenters. The Bertz CT molecular complexity index is 918. The number of halogens is 2. The zero-order chi connectivity index (χ0) is 18.8. The first-order chi connectivity index (χ1) is 13.1. The minimum absolute atomic E-state index is 0.0831. The molecule has 1 fully saturated rings. The van der Waals surface area contributed by atoms with E-state index in [1.54, 1.807) is 0 Å². The minimum atomic E-state index is -0.503. The normalized spacial score (nSPS) is 19.5. The standard InChI is InChI=1S/C21H21ClFN3O/c22-15-7-14(8-16(23)10-15)21(27)26-18-6-5-17(11-18)24-12-19-9-13-3-1-2-4-20(13)25-19/h1-4,7-10,17-18,24-25H,5-6,11-12H2,(H,26,27)/t17-,18+/m0/s1. The number of amides is 1. The van der Waals surface area contributed by atoms with Gasteiger partial charge >= 0.3 is 0 Å². The van der Waals surface area contributed by atoms with Crippen molar-refractivity contribution < 1.29 is 9.18 Å². The number of hydrogen-bond donors (Lipinski definition) is 3. The quantitative estimate of drug-likeness (QED) is 0.609. The van der Waals surface area contributed by atoms with Crippen molar-refractivity contribution in [2.75, 3.05) is 0 Å². The Kier molecular flexibility index (Phi) is 5.14. The Labute approximate surface area is 162 Å². The van der Waals surface area contributed by atoms with E-state index in [0.717, 1.165) is 37.0 Å². The molecule has 1 aromatic heterocycles. The summed E-state index contributed by atoms with van der Waals surface area (Å²) in [6.07, 6.45) is 2.75. The molecule has 0 aliphatic heterocycles. The predicted octanol–water partition coefficient (Wildman–Crippen LogP) is 4.40. The van der Waals surface area contributed by atoms with Gasteiger partial charge < -0.3 is 15.6 Å². The van der Waals surface area contributed by atoms with Gasteiger partial charge in [0.25, 0.3) is 5.91 Å². The molecule has 1 aliphatic rings. The van der Waals surface area contributed by atoms with Gasteiger partial charge in [0, 0.05) is 40.4 Å². The van der Waals surface area contributed by atoms with Gasteiger partial charge in [0.15, 0.2) is 0 Å². The summed E-state index contributed by atoms with van der Waals surface area (Å²) in [4.78, 5) is 15.7. The maximum absolute atomic E-state index is 13.4. The van der Waals surface area contributed by atoms with E-state index in [-0.39, 0.29) is 22.5 Å². The van der Waals surface area contributed by atoms with Crippen LogP contribution in [0.5, 0.6) is 0 Å². The molecule has 1 saturated carbocycles. The van der Waals surface area contributed by atoms with Gasteiger partial charge in [-0.25, -0.2) is 4.39 Å². The molecule has 0 radical (unpaired) electrons. The highest BCUT2D eigenvalue weighted by Gasteiger charge is 2.26. The van der Waals surface area contributed by atoms with Crippen molar-refractivity contribution >= 4 is 28.4 Å². The third kappa shape index (κ3) is 4.31.